The van der Waals surface area contributed by atoms with E-state index in [0.29, 0.717) is 0 Å². The Hall–Kier alpha value is -0.830. The van der Waals surface area contributed by atoms with Gasteiger partial charge in [-0.25, -0.2) is 0 Å². The van der Waals surface area contributed by atoms with E-state index in [9.17, 15) is 0 Å². The fraction of sp³-hybridized carbons (Fsp3) is 0.769. The van der Waals surface area contributed by atoms with Gasteiger partial charge in [0.1, 0.15) is 0 Å². The van der Waals surface area contributed by atoms with E-state index in [4.69, 9.17) is 0 Å². The van der Waals surface area contributed by atoms with Crippen LogP contribution < -0.4 is 5.32 Å². The average Bonchev–Trinajstić information content (AvgIpc) is 2.50. The second-order valence-corrected chi connectivity index (χ2v) is 4.81. The molecule has 1 aromatic heterocycles. The maximum Gasteiger partial charge on any atom is 0.0628 e. The summed E-state index contributed by atoms with van der Waals surface area (Å²) in [6.07, 6.45) is 1.09. The highest BCUT2D eigenvalue weighted by atomic mass is 15.3. The number of rotatable bonds is 6. The Kier molecular flexibility index (Phi) is 5.00. The fourth-order valence-electron chi connectivity index (χ4n) is 2.01. The van der Waals surface area contributed by atoms with Crippen LogP contribution in [-0.4, -0.2) is 22.9 Å². The molecule has 0 amide bonds. The molecule has 0 fully saturated rings. The zero-order chi connectivity index (χ0) is 12.1. The molecular formula is C13H25N3. The molecule has 0 aliphatic carbocycles. The molecule has 1 rings (SSSR count). The third-order valence-electron chi connectivity index (χ3n) is 2.94. The number of hydrogen-bond donors (Lipinski definition) is 1. The highest BCUT2D eigenvalue weighted by molar-refractivity contribution is 5.24. The van der Waals surface area contributed by atoms with E-state index in [0.717, 1.165) is 32.0 Å². The van der Waals surface area contributed by atoms with Gasteiger partial charge in [0.05, 0.1) is 5.69 Å². The number of nitrogens with zero attached hydrogens (tertiary/aromatic N) is 2. The minimum atomic E-state index is 0.723. The first-order valence-corrected chi connectivity index (χ1v) is 6.29. The minimum Gasteiger partial charge on any atom is -0.316 e. The first-order valence-electron chi connectivity index (χ1n) is 6.29. The molecule has 0 aliphatic rings. The minimum absolute atomic E-state index is 0.723. The molecule has 92 valence electrons. The fourth-order valence-corrected chi connectivity index (χ4v) is 2.01. The van der Waals surface area contributed by atoms with Gasteiger partial charge in [0.25, 0.3) is 0 Å². The number of aromatic nitrogens is 2. The van der Waals surface area contributed by atoms with Crippen molar-refractivity contribution in [2.45, 2.75) is 47.6 Å². The zero-order valence-electron chi connectivity index (χ0n) is 11.3. The zero-order valence-corrected chi connectivity index (χ0v) is 11.3. The van der Waals surface area contributed by atoms with Crippen molar-refractivity contribution in [1.82, 2.24) is 15.1 Å². The van der Waals surface area contributed by atoms with E-state index in [-0.39, 0.29) is 0 Å². The maximum atomic E-state index is 4.53. The molecule has 0 aromatic carbocycles. The van der Waals surface area contributed by atoms with Crippen molar-refractivity contribution in [2.75, 3.05) is 13.1 Å². The van der Waals surface area contributed by atoms with E-state index in [1.807, 2.05) is 0 Å². The summed E-state index contributed by atoms with van der Waals surface area (Å²) in [5.74, 6) is 0.723. The summed E-state index contributed by atoms with van der Waals surface area (Å²) in [6.45, 7) is 14.0. The Morgan fingerprint density at radius 2 is 2.00 bits per heavy atom. The predicted octanol–water partition coefficient (Wildman–Crippen LogP) is 2.31. The van der Waals surface area contributed by atoms with Gasteiger partial charge >= 0.3 is 0 Å². The summed E-state index contributed by atoms with van der Waals surface area (Å²) in [7, 11) is 0. The second kappa shape index (κ2) is 6.04. The standard InChI is InChI=1S/C13H25N3/c1-6-16-12(5)13(11(4)15-16)7-8-14-9-10(2)3/h10,14H,6-9H2,1-5H3. The lowest BCUT2D eigenvalue weighted by molar-refractivity contribution is 0.553. The number of nitrogens with one attached hydrogen (secondary N) is 1. The third-order valence-corrected chi connectivity index (χ3v) is 2.94. The molecule has 1 heterocycles. The van der Waals surface area contributed by atoms with E-state index < -0.39 is 0 Å². The first kappa shape index (κ1) is 13.2. The summed E-state index contributed by atoms with van der Waals surface area (Å²) in [6, 6.07) is 0. The molecule has 0 saturated heterocycles. The SMILES string of the molecule is CCn1nc(C)c(CCNCC(C)C)c1C. The lowest BCUT2D eigenvalue weighted by atomic mass is 10.1. The molecule has 3 heteroatoms. The van der Waals surface area contributed by atoms with Crippen LogP contribution in [0.3, 0.4) is 0 Å². The van der Waals surface area contributed by atoms with Crippen molar-refractivity contribution in [1.29, 1.82) is 0 Å². The first-order chi connectivity index (χ1) is 7.56. The molecular weight excluding hydrogens is 198 g/mol. The van der Waals surface area contributed by atoms with Gasteiger partial charge in [-0.3, -0.25) is 4.68 Å². The van der Waals surface area contributed by atoms with Crippen LogP contribution in [0.1, 0.15) is 37.7 Å². The van der Waals surface area contributed by atoms with Crippen LogP contribution in [0.25, 0.3) is 0 Å². The number of hydrogen-bond acceptors (Lipinski definition) is 2. The van der Waals surface area contributed by atoms with Crippen LogP contribution in [0.4, 0.5) is 0 Å². The van der Waals surface area contributed by atoms with Crippen molar-refractivity contribution in [3.05, 3.63) is 17.0 Å². The van der Waals surface area contributed by atoms with Crippen LogP contribution in [0, 0.1) is 19.8 Å². The van der Waals surface area contributed by atoms with Crippen LogP contribution in [0.15, 0.2) is 0 Å². The Bertz CT molecular complexity index is 326. The van der Waals surface area contributed by atoms with Crippen LogP contribution in [0.2, 0.25) is 0 Å². The average molecular weight is 223 g/mol. The molecule has 16 heavy (non-hydrogen) atoms. The van der Waals surface area contributed by atoms with E-state index >= 15 is 0 Å². The Labute approximate surface area is 99.2 Å². The smallest absolute Gasteiger partial charge is 0.0628 e. The lowest BCUT2D eigenvalue weighted by Crippen LogP contribution is -2.22. The van der Waals surface area contributed by atoms with Gasteiger partial charge in [-0.05, 0) is 51.8 Å². The van der Waals surface area contributed by atoms with Gasteiger partial charge in [0, 0.05) is 12.2 Å². The molecule has 1 N–H and O–H groups in total. The van der Waals surface area contributed by atoms with E-state index in [1.54, 1.807) is 0 Å². The monoisotopic (exact) mass is 223 g/mol. The predicted molar refractivity (Wildman–Crippen MR) is 68.8 cm³/mol. The van der Waals surface area contributed by atoms with Crippen molar-refractivity contribution in [2.24, 2.45) is 5.92 Å². The Morgan fingerprint density at radius 1 is 1.31 bits per heavy atom. The summed E-state index contributed by atoms with van der Waals surface area (Å²) >= 11 is 0. The van der Waals surface area contributed by atoms with Crippen molar-refractivity contribution < 1.29 is 0 Å². The summed E-state index contributed by atoms with van der Waals surface area (Å²) in [5, 5.41) is 8.01. The summed E-state index contributed by atoms with van der Waals surface area (Å²) in [4.78, 5) is 0. The normalized spacial score (nSPS) is 11.4. The van der Waals surface area contributed by atoms with Crippen molar-refractivity contribution >= 4 is 0 Å². The van der Waals surface area contributed by atoms with Gasteiger partial charge < -0.3 is 5.32 Å². The molecule has 3 nitrogen and oxygen atoms in total. The highest BCUT2D eigenvalue weighted by Crippen LogP contribution is 2.13. The molecule has 0 unspecified atom stereocenters. The third kappa shape index (κ3) is 3.34. The quantitative estimate of drug-likeness (QED) is 0.750. The highest BCUT2D eigenvalue weighted by Gasteiger charge is 2.09. The Morgan fingerprint density at radius 3 is 2.50 bits per heavy atom. The van der Waals surface area contributed by atoms with Crippen molar-refractivity contribution in [3.63, 3.8) is 0 Å². The van der Waals surface area contributed by atoms with Gasteiger partial charge in [-0.1, -0.05) is 13.8 Å². The molecule has 1 aromatic rings. The molecule has 0 bridgehead atoms. The lowest BCUT2D eigenvalue weighted by Gasteiger charge is -2.07. The molecule has 0 saturated carbocycles. The maximum absolute atomic E-state index is 4.53. The van der Waals surface area contributed by atoms with Gasteiger partial charge in [0.15, 0.2) is 0 Å². The van der Waals surface area contributed by atoms with Gasteiger partial charge in [0.2, 0.25) is 0 Å². The van der Waals surface area contributed by atoms with Crippen molar-refractivity contribution in [3.8, 4) is 0 Å². The number of aryl methyl sites for hydroxylation is 2. The van der Waals surface area contributed by atoms with E-state index in [2.05, 4.69) is 49.7 Å². The summed E-state index contributed by atoms with van der Waals surface area (Å²) < 4.78 is 2.09. The van der Waals surface area contributed by atoms with Crippen LogP contribution in [0.5, 0.6) is 0 Å². The molecule has 0 atom stereocenters. The molecule has 0 aliphatic heterocycles. The molecule has 0 radical (unpaired) electrons. The van der Waals surface area contributed by atoms with E-state index in [1.165, 1.54) is 17.0 Å². The molecule has 0 spiro atoms. The Balaban J connectivity index is 2.50. The largest absolute Gasteiger partial charge is 0.316 e. The van der Waals surface area contributed by atoms with Gasteiger partial charge in [-0.15, -0.1) is 0 Å². The summed E-state index contributed by atoms with van der Waals surface area (Å²) in [5.41, 5.74) is 3.93. The second-order valence-electron chi connectivity index (χ2n) is 4.81. The van der Waals surface area contributed by atoms with Crippen LogP contribution >= 0.6 is 0 Å². The van der Waals surface area contributed by atoms with Crippen LogP contribution in [-0.2, 0) is 13.0 Å². The topological polar surface area (TPSA) is 29.9 Å². The van der Waals surface area contributed by atoms with Gasteiger partial charge in [-0.2, -0.15) is 5.10 Å².